The lowest BCUT2D eigenvalue weighted by molar-refractivity contribution is 0.409. The second kappa shape index (κ2) is 5.87. The van der Waals surface area contributed by atoms with Crippen LogP contribution in [0.25, 0.3) is 0 Å². The Balaban J connectivity index is 2.22. The van der Waals surface area contributed by atoms with Crippen LogP contribution < -0.4 is 4.74 Å². The van der Waals surface area contributed by atoms with Crippen LogP contribution in [-0.4, -0.2) is 12.1 Å². The predicted molar refractivity (Wildman–Crippen MR) is 74.3 cm³/mol. The van der Waals surface area contributed by atoms with Gasteiger partial charge in [-0.3, -0.25) is 4.98 Å². The zero-order valence-electron chi connectivity index (χ0n) is 10.6. The van der Waals surface area contributed by atoms with Gasteiger partial charge in [0.2, 0.25) is 0 Å². The van der Waals surface area contributed by atoms with Crippen LogP contribution in [0.1, 0.15) is 22.2 Å². The molecule has 0 N–H and O–H groups in total. The fourth-order valence-electron chi connectivity index (χ4n) is 1.94. The second-order valence-corrected chi connectivity index (χ2v) is 4.71. The first kappa shape index (κ1) is 12.9. The van der Waals surface area contributed by atoms with Crippen molar-refractivity contribution in [3.05, 3.63) is 59.4 Å². The number of para-hydroxylation sites is 1. The van der Waals surface area contributed by atoms with Crippen LogP contribution in [0.2, 0.25) is 0 Å². The van der Waals surface area contributed by atoms with E-state index in [2.05, 4.69) is 4.98 Å². The predicted octanol–water partition coefficient (Wildman–Crippen LogP) is 3.92. The quantitative estimate of drug-likeness (QED) is 0.779. The first-order valence-electron chi connectivity index (χ1n) is 5.90. The number of pyridine rings is 1. The highest BCUT2D eigenvalue weighted by Crippen LogP contribution is 2.32. The molecule has 1 aromatic heterocycles. The van der Waals surface area contributed by atoms with Gasteiger partial charge in [0.25, 0.3) is 0 Å². The Morgan fingerprint density at radius 1 is 1.22 bits per heavy atom. The molecule has 2 rings (SSSR count). The van der Waals surface area contributed by atoms with Crippen LogP contribution in [0.5, 0.6) is 5.75 Å². The molecule has 0 aliphatic heterocycles. The van der Waals surface area contributed by atoms with Gasteiger partial charge in [-0.25, -0.2) is 0 Å². The Morgan fingerprint density at radius 2 is 2.00 bits per heavy atom. The number of benzene rings is 1. The Morgan fingerprint density at radius 3 is 2.72 bits per heavy atom. The van der Waals surface area contributed by atoms with Crippen molar-refractivity contribution in [2.75, 3.05) is 7.11 Å². The van der Waals surface area contributed by atoms with Crippen molar-refractivity contribution in [2.45, 2.75) is 18.7 Å². The van der Waals surface area contributed by atoms with Crippen LogP contribution in [0.15, 0.2) is 42.6 Å². The number of hydrogen-bond donors (Lipinski definition) is 0. The Kier molecular flexibility index (Phi) is 4.21. The maximum absolute atomic E-state index is 6.48. The fourth-order valence-corrected chi connectivity index (χ4v) is 2.26. The first-order chi connectivity index (χ1) is 8.72. The zero-order valence-corrected chi connectivity index (χ0v) is 11.3. The van der Waals surface area contributed by atoms with Gasteiger partial charge in [0, 0.05) is 23.9 Å². The lowest BCUT2D eigenvalue weighted by Crippen LogP contribution is -2.02. The van der Waals surface area contributed by atoms with Crippen LogP contribution in [-0.2, 0) is 6.42 Å². The molecule has 1 atom stereocenters. The highest BCUT2D eigenvalue weighted by atomic mass is 35.5. The molecule has 2 aromatic rings. The number of methoxy groups -OCH3 is 1. The maximum atomic E-state index is 6.48. The molecule has 0 saturated heterocycles. The molecule has 1 heterocycles. The number of rotatable bonds is 4. The lowest BCUT2D eigenvalue weighted by Gasteiger charge is -2.14. The summed E-state index contributed by atoms with van der Waals surface area (Å²) in [6, 6.07) is 11.8. The van der Waals surface area contributed by atoms with Crippen molar-refractivity contribution in [3.63, 3.8) is 0 Å². The van der Waals surface area contributed by atoms with E-state index in [-0.39, 0.29) is 5.38 Å². The van der Waals surface area contributed by atoms with Crippen molar-refractivity contribution in [1.29, 1.82) is 0 Å². The van der Waals surface area contributed by atoms with Crippen molar-refractivity contribution < 1.29 is 4.74 Å². The standard InChI is InChI=1S/C15H16ClNO/c1-11-6-5-9-17-14(11)10-13(16)12-7-3-4-8-15(12)18-2/h3-9,13H,10H2,1-2H3. The molecular weight excluding hydrogens is 246 g/mol. The summed E-state index contributed by atoms with van der Waals surface area (Å²) < 4.78 is 5.33. The lowest BCUT2D eigenvalue weighted by atomic mass is 10.0. The van der Waals surface area contributed by atoms with Crippen molar-refractivity contribution >= 4 is 11.6 Å². The minimum atomic E-state index is -0.130. The Bertz CT molecular complexity index is 527. The molecule has 18 heavy (non-hydrogen) atoms. The Labute approximate surface area is 113 Å². The summed E-state index contributed by atoms with van der Waals surface area (Å²) in [7, 11) is 1.66. The molecule has 0 aliphatic rings. The zero-order chi connectivity index (χ0) is 13.0. The SMILES string of the molecule is COc1ccccc1C(Cl)Cc1ncccc1C. The van der Waals surface area contributed by atoms with E-state index < -0.39 is 0 Å². The molecule has 1 aromatic carbocycles. The minimum absolute atomic E-state index is 0.130. The molecule has 0 bridgehead atoms. The monoisotopic (exact) mass is 261 g/mol. The van der Waals surface area contributed by atoms with E-state index in [4.69, 9.17) is 16.3 Å². The van der Waals surface area contributed by atoms with Crippen molar-refractivity contribution in [2.24, 2.45) is 0 Å². The largest absolute Gasteiger partial charge is 0.496 e. The smallest absolute Gasteiger partial charge is 0.123 e. The van der Waals surface area contributed by atoms with Gasteiger partial charge in [-0.15, -0.1) is 11.6 Å². The first-order valence-corrected chi connectivity index (χ1v) is 6.33. The maximum Gasteiger partial charge on any atom is 0.123 e. The highest BCUT2D eigenvalue weighted by Gasteiger charge is 2.15. The topological polar surface area (TPSA) is 22.1 Å². The molecule has 0 radical (unpaired) electrons. The molecule has 0 aliphatic carbocycles. The molecule has 1 unspecified atom stereocenters. The normalized spacial score (nSPS) is 12.2. The summed E-state index contributed by atoms with van der Waals surface area (Å²) in [6.45, 7) is 2.05. The average molecular weight is 262 g/mol. The van der Waals surface area contributed by atoms with Gasteiger partial charge >= 0.3 is 0 Å². The molecule has 0 fully saturated rings. The van der Waals surface area contributed by atoms with Gasteiger partial charge in [0.05, 0.1) is 12.5 Å². The molecule has 2 nitrogen and oxygen atoms in total. The third-order valence-electron chi connectivity index (χ3n) is 2.97. The van der Waals surface area contributed by atoms with Gasteiger partial charge < -0.3 is 4.74 Å². The van der Waals surface area contributed by atoms with E-state index in [1.807, 2.05) is 43.3 Å². The number of nitrogens with zero attached hydrogens (tertiary/aromatic N) is 1. The summed E-state index contributed by atoms with van der Waals surface area (Å²) >= 11 is 6.48. The van der Waals surface area contributed by atoms with E-state index in [1.165, 1.54) is 0 Å². The number of aryl methyl sites for hydroxylation is 1. The summed E-state index contributed by atoms with van der Waals surface area (Å²) in [6.07, 6.45) is 2.50. The second-order valence-electron chi connectivity index (χ2n) is 4.18. The van der Waals surface area contributed by atoms with E-state index >= 15 is 0 Å². The third kappa shape index (κ3) is 2.82. The summed E-state index contributed by atoms with van der Waals surface area (Å²) in [4.78, 5) is 4.37. The molecule has 0 spiro atoms. The number of ether oxygens (including phenoxy) is 1. The average Bonchev–Trinajstić information content (AvgIpc) is 2.41. The van der Waals surface area contributed by atoms with E-state index in [0.29, 0.717) is 6.42 Å². The van der Waals surface area contributed by atoms with E-state index in [1.54, 1.807) is 13.3 Å². The number of aromatic nitrogens is 1. The van der Waals surface area contributed by atoms with Crippen LogP contribution in [0.4, 0.5) is 0 Å². The summed E-state index contributed by atoms with van der Waals surface area (Å²) in [5, 5.41) is -0.130. The van der Waals surface area contributed by atoms with E-state index in [0.717, 1.165) is 22.6 Å². The van der Waals surface area contributed by atoms with Crippen molar-refractivity contribution in [1.82, 2.24) is 4.98 Å². The Hall–Kier alpha value is -1.54. The minimum Gasteiger partial charge on any atom is -0.496 e. The number of hydrogen-bond acceptors (Lipinski definition) is 2. The number of alkyl halides is 1. The van der Waals surface area contributed by atoms with E-state index in [9.17, 15) is 0 Å². The summed E-state index contributed by atoms with van der Waals surface area (Å²) in [5.74, 6) is 0.825. The van der Waals surface area contributed by atoms with Gasteiger partial charge in [-0.1, -0.05) is 24.3 Å². The molecule has 0 saturated carbocycles. The van der Waals surface area contributed by atoms with Gasteiger partial charge in [0.15, 0.2) is 0 Å². The molecule has 0 amide bonds. The van der Waals surface area contributed by atoms with Gasteiger partial charge in [-0.05, 0) is 24.6 Å². The highest BCUT2D eigenvalue weighted by molar-refractivity contribution is 6.21. The number of halogens is 1. The fraction of sp³-hybridized carbons (Fsp3) is 0.267. The third-order valence-corrected chi connectivity index (χ3v) is 3.36. The van der Waals surface area contributed by atoms with Gasteiger partial charge in [-0.2, -0.15) is 0 Å². The van der Waals surface area contributed by atoms with Crippen LogP contribution in [0.3, 0.4) is 0 Å². The van der Waals surface area contributed by atoms with Crippen LogP contribution in [0, 0.1) is 6.92 Å². The summed E-state index contributed by atoms with van der Waals surface area (Å²) in [5.41, 5.74) is 3.20. The van der Waals surface area contributed by atoms with Gasteiger partial charge in [0.1, 0.15) is 5.75 Å². The van der Waals surface area contributed by atoms with Crippen molar-refractivity contribution in [3.8, 4) is 5.75 Å². The molecule has 3 heteroatoms. The molecular formula is C15H16ClNO. The molecule has 94 valence electrons. The van der Waals surface area contributed by atoms with Crippen LogP contribution >= 0.6 is 11.6 Å².